The molecule has 0 unspecified atom stereocenters. The summed E-state index contributed by atoms with van der Waals surface area (Å²) in [5, 5.41) is 9.59. The summed E-state index contributed by atoms with van der Waals surface area (Å²) < 4.78 is 6.15. The molecule has 2 fully saturated rings. The third kappa shape index (κ3) is 4.80. The van der Waals surface area contributed by atoms with Crippen molar-refractivity contribution >= 4 is 11.8 Å². The number of amides is 2. The summed E-state index contributed by atoms with van der Waals surface area (Å²) in [5.74, 6) is 0.747. The molecule has 0 atom stereocenters. The van der Waals surface area contributed by atoms with Gasteiger partial charge in [-0.15, -0.1) is 0 Å². The number of carbonyl (C=O) groups excluding carboxylic acids is 2. The van der Waals surface area contributed by atoms with Gasteiger partial charge in [0.25, 0.3) is 5.91 Å². The Morgan fingerprint density at radius 3 is 2.67 bits per heavy atom. The van der Waals surface area contributed by atoms with E-state index in [1.807, 2.05) is 4.90 Å². The van der Waals surface area contributed by atoms with E-state index < -0.39 is 5.60 Å². The molecular weight excluding hydrogens is 344 g/mol. The Kier molecular flexibility index (Phi) is 6.05. The monoisotopic (exact) mass is 374 g/mol. The quantitative estimate of drug-likeness (QED) is 0.880. The van der Waals surface area contributed by atoms with Crippen molar-refractivity contribution in [1.29, 1.82) is 0 Å². The summed E-state index contributed by atoms with van der Waals surface area (Å²) in [4.78, 5) is 29.1. The maximum atomic E-state index is 12.7. The van der Waals surface area contributed by atoms with E-state index in [1.54, 1.807) is 23.1 Å². The maximum Gasteiger partial charge on any atom is 0.253 e. The van der Waals surface area contributed by atoms with E-state index in [9.17, 15) is 14.7 Å². The van der Waals surface area contributed by atoms with Crippen LogP contribution in [0.2, 0.25) is 0 Å². The largest absolute Gasteiger partial charge is 0.508 e. The van der Waals surface area contributed by atoms with Crippen molar-refractivity contribution < 1.29 is 19.4 Å². The first-order valence-electron chi connectivity index (χ1n) is 9.89. The molecule has 2 amide bonds. The highest BCUT2D eigenvalue weighted by Gasteiger charge is 2.41. The lowest BCUT2D eigenvalue weighted by Crippen LogP contribution is -2.49. The number of aromatic hydroxyl groups is 1. The lowest BCUT2D eigenvalue weighted by Gasteiger charge is -2.40. The second kappa shape index (κ2) is 8.30. The Bertz CT molecular complexity index is 681. The molecular formula is C21H30N2O4. The zero-order valence-corrected chi connectivity index (χ0v) is 16.3. The van der Waals surface area contributed by atoms with Gasteiger partial charge in [0, 0.05) is 31.7 Å². The number of carbonyl (C=O) groups is 2. The Morgan fingerprint density at radius 1 is 1.26 bits per heavy atom. The number of piperidine rings is 1. The van der Waals surface area contributed by atoms with E-state index in [-0.39, 0.29) is 17.6 Å². The molecule has 2 aliphatic heterocycles. The van der Waals surface area contributed by atoms with Gasteiger partial charge in [-0.3, -0.25) is 9.59 Å². The Labute approximate surface area is 161 Å². The van der Waals surface area contributed by atoms with Gasteiger partial charge in [-0.05, 0) is 43.4 Å². The van der Waals surface area contributed by atoms with Crippen LogP contribution in [0.25, 0.3) is 0 Å². The molecule has 27 heavy (non-hydrogen) atoms. The average molecular weight is 374 g/mol. The summed E-state index contributed by atoms with van der Waals surface area (Å²) in [6.45, 7) is 7.46. The molecule has 0 aliphatic carbocycles. The smallest absolute Gasteiger partial charge is 0.253 e. The first-order chi connectivity index (χ1) is 12.9. The van der Waals surface area contributed by atoms with E-state index in [0.717, 1.165) is 13.0 Å². The van der Waals surface area contributed by atoms with Gasteiger partial charge in [0.2, 0.25) is 5.91 Å². The molecule has 3 rings (SSSR count). The standard InChI is InChI=1S/C21H30N2O4/c1-16(2)6-9-22-12-13-27-21(15-19(22)25)7-10-23(11-8-21)20(26)17-4-3-5-18(24)14-17/h3-5,14,16,24H,6-13,15H2,1-2H3. The van der Waals surface area contributed by atoms with E-state index >= 15 is 0 Å². The second-order valence-corrected chi connectivity index (χ2v) is 8.11. The lowest BCUT2D eigenvalue weighted by atomic mass is 9.87. The van der Waals surface area contributed by atoms with Gasteiger partial charge in [-0.25, -0.2) is 0 Å². The molecule has 1 N–H and O–H groups in total. The van der Waals surface area contributed by atoms with Gasteiger partial charge in [0.15, 0.2) is 0 Å². The number of nitrogens with zero attached hydrogens (tertiary/aromatic N) is 2. The van der Waals surface area contributed by atoms with Crippen LogP contribution in [0.5, 0.6) is 5.75 Å². The molecule has 0 saturated carbocycles. The fourth-order valence-corrected chi connectivity index (χ4v) is 3.85. The minimum atomic E-state index is -0.445. The predicted octanol–water partition coefficient (Wildman–Crippen LogP) is 2.66. The fourth-order valence-electron chi connectivity index (χ4n) is 3.85. The minimum Gasteiger partial charge on any atom is -0.508 e. The van der Waals surface area contributed by atoms with Crippen LogP contribution in [0.15, 0.2) is 24.3 Å². The molecule has 1 aromatic rings. The van der Waals surface area contributed by atoms with Crippen molar-refractivity contribution in [3.05, 3.63) is 29.8 Å². The molecule has 1 spiro atoms. The van der Waals surface area contributed by atoms with Crippen LogP contribution < -0.4 is 0 Å². The number of ether oxygens (including phenoxy) is 1. The number of benzene rings is 1. The van der Waals surface area contributed by atoms with Gasteiger partial charge < -0.3 is 19.6 Å². The molecule has 0 aromatic heterocycles. The topological polar surface area (TPSA) is 70.1 Å². The molecule has 6 heteroatoms. The Hall–Kier alpha value is -2.08. The summed E-state index contributed by atoms with van der Waals surface area (Å²) in [7, 11) is 0. The summed E-state index contributed by atoms with van der Waals surface area (Å²) >= 11 is 0. The molecule has 148 valence electrons. The van der Waals surface area contributed by atoms with Crippen LogP contribution in [0, 0.1) is 5.92 Å². The number of phenols is 1. The number of likely N-dealkylation sites (tertiary alicyclic amines) is 1. The highest BCUT2D eigenvalue weighted by molar-refractivity contribution is 5.94. The highest BCUT2D eigenvalue weighted by Crippen LogP contribution is 2.33. The van der Waals surface area contributed by atoms with Crippen LogP contribution in [0.3, 0.4) is 0 Å². The van der Waals surface area contributed by atoms with Crippen molar-refractivity contribution in [3.8, 4) is 5.75 Å². The zero-order valence-electron chi connectivity index (χ0n) is 16.3. The summed E-state index contributed by atoms with van der Waals surface area (Å²) in [6.07, 6.45) is 2.74. The van der Waals surface area contributed by atoms with Crippen molar-refractivity contribution in [2.75, 3.05) is 32.8 Å². The Morgan fingerprint density at radius 2 is 2.00 bits per heavy atom. The third-order valence-corrected chi connectivity index (χ3v) is 5.63. The van der Waals surface area contributed by atoms with Gasteiger partial charge in [-0.2, -0.15) is 0 Å². The lowest BCUT2D eigenvalue weighted by molar-refractivity contribution is -0.135. The first-order valence-corrected chi connectivity index (χ1v) is 9.89. The summed E-state index contributed by atoms with van der Waals surface area (Å²) in [6, 6.07) is 6.43. The average Bonchev–Trinajstić information content (AvgIpc) is 2.78. The van der Waals surface area contributed by atoms with Crippen LogP contribution in [0.1, 0.15) is 49.9 Å². The highest BCUT2D eigenvalue weighted by atomic mass is 16.5. The van der Waals surface area contributed by atoms with Gasteiger partial charge in [-0.1, -0.05) is 19.9 Å². The molecule has 1 aromatic carbocycles. The van der Waals surface area contributed by atoms with Crippen LogP contribution in [-0.4, -0.2) is 65.1 Å². The molecule has 0 radical (unpaired) electrons. The fraction of sp³-hybridized carbons (Fsp3) is 0.619. The maximum absolute atomic E-state index is 12.7. The number of phenolic OH excluding ortho intramolecular Hbond substituents is 1. The van der Waals surface area contributed by atoms with Crippen molar-refractivity contribution in [3.63, 3.8) is 0 Å². The van der Waals surface area contributed by atoms with Crippen molar-refractivity contribution in [1.82, 2.24) is 9.80 Å². The first kappa shape index (κ1) is 19.7. The Balaban J connectivity index is 1.59. The van der Waals surface area contributed by atoms with Crippen LogP contribution in [0.4, 0.5) is 0 Å². The van der Waals surface area contributed by atoms with E-state index in [4.69, 9.17) is 4.74 Å². The van der Waals surface area contributed by atoms with Crippen LogP contribution >= 0.6 is 0 Å². The third-order valence-electron chi connectivity index (χ3n) is 5.63. The van der Waals surface area contributed by atoms with E-state index in [2.05, 4.69) is 13.8 Å². The molecule has 6 nitrogen and oxygen atoms in total. The van der Waals surface area contributed by atoms with E-state index in [0.29, 0.717) is 57.0 Å². The molecule has 2 heterocycles. The summed E-state index contributed by atoms with van der Waals surface area (Å²) in [5.41, 5.74) is 0.0443. The SMILES string of the molecule is CC(C)CCN1CCOC2(CCN(C(=O)c3cccc(O)c3)CC2)CC1=O. The number of rotatable bonds is 4. The van der Waals surface area contributed by atoms with Crippen molar-refractivity contribution in [2.45, 2.75) is 45.1 Å². The minimum absolute atomic E-state index is 0.0840. The van der Waals surface area contributed by atoms with Gasteiger partial charge in [0.05, 0.1) is 18.6 Å². The van der Waals surface area contributed by atoms with Gasteiger partial charge >= 0.3 is 0 Å². The van der Waals surface area contributed by atoms with E-state index in [1.165, 1.54) is 6.07 Å². The molecule has 2 saturated heterocycles. The molecule has 0 bridgehead atoms. The van der Waals surface area contributed by atoms with Crippen LogP contribution in [-0.2, 0) is 9.53 Å². The predicted molar refractivity (Wildman–Crippen MR) is 103 cm³/mol. The van der Waals surface area contributed by atoms with Crippen molar-refractivity contribution in [2.24, 2.45) is 5.92 Å². The number of hydrogen-bond acceptors (Lipinski definition) is 4. The van der Waals surface area contributed by atoms with Gasteiger partial charge in [0.1, 0.15) is 5.75 Å². The number of hydrogen-bond donors (Lipinski definition) is 1. The zero-order chi connectivity index (χ0) is 19.4. The second-order valence-electron chi connectivity index (χ2n) is 8.11. The molecule has 2 aliphatic rings. The normalized spacial score (nSPS) is 20.2.